The summed E-state index contributed by atoms with van der Waals surface area (Å²) < 4.78 is 44.6. The third-order valence-corrected chi connectivity index (χ3v) is 4.28. The molecule has 2 heterocycles. The maximum Gasteiger partial charge on any atom is 0.416 e. The fourth-order valence-corrected chi connectivity index (χ4v) is 2.84. The second kappa shape index (κ2) is 6.59. The van der Waals surface area contributed by atoms with Gasteiger partial charge in [0.05, 0.1) is 23.0 Å². The molecule has 6 nitrogen and oxygen atoms in total. The molecule has 0 unspecified atom stereocenters. The largest absolute Gasteiger partial charge is 0.416 e. The van der Waals surface area contributed by atoms with Crippen molar-refractivity contribution in [3.63, 3.8) is 0 Å². The minimum Gasteiger partial charge on any atom is -0.334 e. The zero-order valence-electron chi connectivity index (χ0n) is 14.6. The van der Waals surface area contributed by atoms with Gasteiger partial charge in [-0.25, -0.2) is 4.98 Å². The molecular weight excluding hydrogens is 373 g/mol. The summed E-state index contributed by atoms with van der Waals surface area (Å²) in [7, 11) is 0. The monoisotopic (exact) mass is 386 g/mol. The Morgan fingerprint density at radius 1 is 1.04 bits per heavy atom. The second-order valence-corrected chi connectivity index (χ2v) is 6.16. The molecule has 0 aliphatic rings. The van der Waals surface area contributed by atoms with Crippen LogP contribution in [0, 0.1) is 6.92 Å². The molecule has 28 heavy (non-hydrogen) atoms. The van der Waals surface area contributed by atoms with Crippen LogP contribution in [0.2, 0.25) is 0 Å². The summed E-state index contributed by atoms with van der Waals surface area (Å²) in [6.07, 6.45) is -4.42. The van der Waals surface area contributed by atoms with E-state index >= 15 is 0 Å². The number of benzene rings is 2. The smallest absolute Gasteiger partial charge is 0.334 e. The maximum atomic E-state index is 12.7. The summed E-state index contributed by atoms with van der Waals surface area (Å²) in [4.78, 5) is 21.3. The molecule has 0 radical (unpaired) electrons. The number of aromatic nitrogens is 4. The molecule has 4 rings (SSSR count). The molecule has 0 bridgehead atoms. The highest BCUT2D eigenvalue weighted by molar-refractivity contribution is 5.77. The van der Waals surface area contributed by atoms with Crippen molar-refractivity contribution in [2.75, 3.05) is 0 Å². The lowest BCUT2D eigenvalue weighted by Gasteiger charge is -2.08. The van der Waals surface area contributed by atoms with Gasteiger partial charge in [-0.2, -0.15) is 18.2 Å². The number of fused-ring (bicyclic) bond motifs is 1. The molecule has 2 aromatic heterocycles. The van der Waals surface area contributed by atoms with E-state index in [0.29, 0.717) is 22.3 Å². The molecule has 0 spiro atoms. The van der Waals surface area contributed by atoms with Crippen LogP contribution in [0.1, 0.15) is 17.2 Å². The summed E-state index contributed by atoms with van der Waals surface area (Å²) in [6, 6.07) is 11.4. The lowest BCUT2D eigenvalue weighted by molar-refractivity contribution is -0.137. The number of nitrogens with zero attached hydrogens (tertiary/aromatic N) is 4. The topological polar surface area (TPSA) is 73.8 Å². The van der Waals surface area contributed by atoms with Gasteiger partial charge in [0.2, 0.25) is 0 Å². The van der Waals surface area contributed by atoms with Gasteiger partial charge in [0.15, 0.2) is 5.82 Å². The average Bonchev–Trinajstić information content (AvgIpc) is 3.13. The standard InChI is InChI=1S/C19H13F3N4O2/c1-11-23-15-5-3-2-4-14(15)18(27)26(11)10-16-24-17(28-25-16)12-6-8-13(9-7-12)19(20,21)22/h2-9H,10H2,1H3. The van der Waals surface area contributed by atoms with E-state index in [1.54, 1.807) is 31.2 Å². The normalized spacial score (nSPS) is 11.9. The van der Waals surface area contributed by atoms with Crippen molar-refractivity contribution in [1.29, 1.82) is 0 Å². The van der Waals surface area contributed by atoms with Gasteiger partial charge in [0, 0.05) is 5.56 Å². The zero-order chi connectivity index (χ0) is 19.9. The molecule has 9 heteroatoms. The molecule has 0 N–H and O–H groups in total. The van der Waals surface area contributed by atoms with E-state index in [9.17, 15) is 18.0 Å². The predicted molar refractivity (Wildman–Crippen MR) is 94.6 cm³/mol. The van der Waals surface area contributed by atoms with Gasteiger partial charge in [-0.15, -0.1) is 0 Å². The van der Waals surface area contributed by atoms with Crippen LogP contribution in [-0.4, -0.2) is 19.7 Å². The summed E-state index contributed by atoms with van der Waals surface area (Å²) >= 11 is 0. The molecule has 0 aliphatic heterocycles. The number of halogens is 3. The van der Waals surface area contributed by atoms with E-state index in [1.165, 1.54) is 16.7 Å². The summed E-state index contributed by atoms with van der Waals surface area (Å²) in [6.45, 7) is 1.73. The van der Waals surface area contributed by atoms with Crippen LogP contribution in [0.25, 0.3) is 22.4 Å². The molecular formula is C19H13F3N4O2. The van der Waals surface area contributed by atoms with Crippen molar-refractivity contribution < 1.29 is 17.7 Å². The first-order chi connectivity index (χ1) is 13.3. The molecule has 142 valence electrons. The van der Waals surface area contributed by atoms with Gasteiger partial charge in [0.25, 0.3) is 11.4 Å². The number of aryl methyl sites for hydroxylation is 1. The van der Waals surface area contributed by atoms with E-state index in [0.717, 1.165) is 12.1 Å². The molecule has 4 aromatic rings. The van der Waals surface area contributed by atoms with Gasteiger partial charge < -0.3 is 4.52 Å². The van der Waals surface area contributed by atoms with Gasteiger partial charge >= 0.3 is 6.18 Å². The average molecular weight is 386 g/mol. The Kier molecular flexibility index (Phi) is 4.21. The number of alkyl halides is 3. The first-order valence-electron chi connectivity index (χ1n) is 8.29. The Labute approximate surface area is 156 Å². The highest BCUT2D eigenvalue weighted by atomic mass is 19.4. The van der Waals surface area contributed by atoms with Gasteiger partial charge in [-0.05, 0) is 43.3 Å². The van der Waals surface area contributed by atoms with Crippen LogP contribution in [-0.2, 0) is 12.7 Å². The van der Waals surface area contributed by atoms with Crippen molar-refractivity contribution in [3.05, 3.63) is 76.1 Å². The van der Waals surface area contributed by atoms with Crippen LogP contribution >= 0.6 is 0 Å². The lowest BCUT2D eigenvalue weighted by atomic mass is 10.1. The molecule has 0 amide bonds. The van der Waals surface area contributed by atoms with Crippen LogP contribution in [0.15, 0.2) is 57.8 Å². The van der Waals surface area contributed by atoms with Crippen LogP contribution in [0.4, 0.5) is 13.2 Å². The highest BCUT2D eigenvalue weighted by Crippen LogP contribution is 2.30. The third kappa shape index (κ3) is 3.26. The second-order valence-electron chi connectivity index (χ2n) is 6.16. The third-order valence-electron chi connectivity index (χ3n) is 4.28. The van der Waals surface area contributed by atoms with Crippen molar-refractivity contribution >= 4 is 10.9 Å². The molecule has 0 atom stereocenters. The number of hydrogen-bond donors (Lipinski definition) is 0. The number of hydrogen-bond acceptors (Lipinski definition) is 5. The van der Waals surface area contributed by atoms with E-state index in [-0.39, 0.29) is 23.8 Å². The van der Waals surface area contributed by atoms with E-state index in [2.05, 4.69) is 15.1 Å². The van der Waals surface area contributed by atoms with Gasteiger partial charge in [-0.3, -0.25) is 9.36 Å². The van der Waals surface area contributed by atoms with Crippen molar-refractivity contribution in [2.24, 2.45) is 0 Å². The Morgan fingerprint density at radius 3 is 2.46 bits per heavy atom. The van der Waals surface area contributed by atoms with Crippen LogP contribution in [0.5, 0.6) is 0 Å². The van der Waals surface area contributed by atoms with Crippen molar-refractivity contribution in [1.82, 2.24) is 19.7 Å². The van der Waals surface area contributed by atoms with Crippen LogP contribution < -0.4 is 5.56 Å². The molecule has 0 saturated carbocycles. The Morgan fingerprint density at radius 2 is 1.75 bits per heavy atom. The maximum absolute atomic E-state index is 12.7. The molecule has 0 fully saturated rings. The fraction of sp³-hybridized carbons (Fsp3) is 0.158. The van der Waals surface area contributed by atoms with Gasteiger partial charge in [-0.1, -0.05) is 17.3 Å². The molecule has 0 aliphatic carbocycles. The minimum atomic E-state index is -4.42. The Bertz CT molecular complexity index is 1210. The van der Waals surface area contributed by atoms with E-state index < -0.39 is 11.7 Å². The Balaban J connectivity index is 1.64. The molecule has 0 saturated heterocycles. The predicted octanol–water partition coefficient (Wildman–Crippen LogP) is 3.82. The first-order valence-corrected chi connectivity index (χ1v) is 8.29. The lowest BCUT2D eigenvalue weighted by Crippen LogP contribution is -2.24. The quantitative estimate of drug-likeness (QED) is 0.535. The molecule has 2 aromatic carbocycles. The Hall–Kier alpha value is -3.49. The number of rotatable bonds is 3. The highest BCUT2D eigenvalue weighted by Gasteiger charge is 2.30. The zero-order valence-corrected chi connectivity index (χ0v) is 14.6. The summed E-state index contributed by atoms with van der Waals surface area (Å²) in [5.74, 6) is 0.782. The fourth-order valence-electron chi connectivity index (χ4n) is 2.84. The van der Waals surface area contributed by atoms with E-state index in [1.807, 2.05) is 0 Å². The minimum absolute atomic E-state index is 0.0344. The first kappa shape index (κ1) is 17.9. The van der Waals surface area contributed by atoms with Crippen molar-refractivity contribution in [2.45, 2.75) is 19.6 Å². The number of para-hydroxylation sites is 1. The van der Waals surface area contributed by atoms with Gasteiger partial charge in [0.1, 0.15) is 5.82 Å². The SMILES string of the molecule is Cc1nc2ccccc2c(=O)n1Cc1noc(-c2ccc(C(F)(F)F)cc2)n1. The van der Waals surface area contributed by atoms with E-state index in [4.69, 9.17) is 4.52 Å². The van der Waals surface area contributed by atoms with Crippen LogP contribution in [0.3, 0.4) is 0 Å². The summed E-state index contributed by atoms with van der Waals surface area (Å²) in [5.41, 5.74) is -0.0448. The summed E-state index contributed by atoms with van der Waals surface area (Å²) in [5, 5.41) is 4.30. The van der Waals surface area contributed by atoms with Crippen molar-refractivity contribution in [3.8, 4) is 11.5 Å².